The SMILES string of the molecule is Cc1nn(-c2ccccc2)c(C)c1CC(=O)N[C@@H](C)c1ccccc1Br. The number of hydrogen-bond donors (Lipinski definition) is 1. The summed E-state index contributed by atoms with van der Waals surface area (Å²) in [6.45, 7) is 5.95. The maximum atomic E-state index is 12.6. The number of amides is 1. The molecule has 3 aromatic rings. The van der Waals surface area contributed by atoms with E-state index in [0.717, 1.165) is 32.7 Å². The maximum Gasteiger partial charge on any atom is 0.225 e. The first-order valence-electron chi connectivity index (χ1n) is 8.61. The van der Waals surface area contributed by atoms with E-state index in [-0.39, 0.29) is 11.9 Å². The minimum atomic E-state index is -0.0668. The maximum absolute atomic E-state index is 12.6. The highest BCUT2D eigenvalue weighted by Gasteiger charge is 2.18. The lowest BCUT2D eigenvalue weighted by atomic mass is 10.1. The van der Waals surface area contributed by atoms with Crippen molar-refractivity contribution in [2.75, 3.05) is 0 Å². The van der Waals surface area contributed by atoms with Gasteiger partial charge < -0.3 is 5.32 Å². The molecule has 26 heavy (non-hydrogen) atoms. The normalized spacial score (nSPS) is 12.0. The highest BCUT2D eigenvalue weighted by Crippen LogP contribution is 2.23. The minimum absolute atomic E-state index is 0.00735. The van der Waals surface area contributed by atoms with Gasteiger partial charge in [-0.05, 0) is 44.5 Å². The van der Waals surface area contributed by atoms with Crippen LogP contribution in [0.25, 0.3) is 5.69 Å². The van der Waals surface area contributed by atoms with E-state index in [4.69, 9.17) is 0 Å². The first-order valence-corrected chi connectivity index (χ1v) is 9.41. The Kier molecular flexibility index (Phi) is 5.57. The summed E-state index contributed by atoms with van der Waals surface area (Å²) in [4.78, 5) is 12.6. The van der Waals surface area contributed by atoms with E-state index in [2.05, 4.69) is 26.3 Å². The largest absolute Gasteiger partial charge is 0.349 e. The van der Waals surface area contributed by atoms with Crippen LogP contribution in [-0.2, 0) is 11.2 Å². The summed E-state index contributed by atoms with van der Waals surface area (Å²) < 4.78 is 2.90. The van der Waals surface area contributed by atoms with Crippen LogP contribution in [0.2, 0.25) is 0 Å². The van der Waals surface area contributed by atoms with E-state index in [1.54, 1.807) is 0 Å². The average molecular weight is 412 g/mol. The van der Waals surface area contributed by atoms with Crippen molar-refractivity contribution in [2.24, 2.45) is 0 Å². The predicted molar refractivity (Wildman–Crippen MR) is 107 cm³/mol. The topological polar surface area (TPSA) is 46.9 Å². The zero-order valence-electron chi connectivity index (χ0n) is 15.2. The van der Waals surface area contributed by atoms with Crippen molar-refractivity contribution in [3.63, 3.8) is 0 Å². The average Bonchev–Trinajstić information content (AvgIpc) is 2.91. The van der Waals surface area contributed by atoms with Gasteiger partial charge in [-0.15, -0.1) is 0 Å². The van der Waals surface area contributed by atoms with Gasteiger partial charge in [-0.2, -0.15) is 5.10 Å². The Morgan fingerprint density at radius 1 is 1.12 bits per heavy atom. The third kappa shape index (κ3) is 3.88. The van der Waals surface area contributed by atoms with Crippen LogP contribution < -0.4 is 5.32 Å². The number of rotatable bonds is 5. The van der Waals surface area contributed by atoms with Crippen molar-refractivity contribution in [1.82, 2.24) is 15.1 Å². The smallest absolute Gasteiger partial charge is 0.225 e. The lowest BCUT2D eigenvalue weighted by molar-refractivity contribution is -0.121. The second kappa shape index (κ2) is 7.87. The standard InChI is InChI=1S/C21H22BrN3O/c1-14(18-11-7-8-12-20(18)22)23-21(26)13-19-15(2)24-25(16(19)3)17-9-5-4-6-10-17/h4-12,14H,13H2,1-3H3,(H,23,26)/t14-/m0/s1. The second-order valence-electron chi connectivity index (χ2n) is 6.38. The van der Waals surface area contributed by atoms with Crippen molar-refractivity contribution in [1.29, 1.82) is 0 Å². The zero-order chi connectivity index (χ0) is 18.7. The van der Waals surface area contributed by atoms with Crippen molar-refractivity contribution in [3.05, 3.63) is 81.6 Å². The van der Waals surface area contributed by atoms with Crippen LogP contribution in [0, 0.1) is 13.8 Å². The zero-order valence-corrected chi connectivity index (χ0v) is 16.7. The first kappa shape index (κ1) is 18.4. The number of nitrogens with one attached hydrogen (secondary N) is 1. The van der Waals surface area contributed by atoms with Crippen LogP contribution in [0.3, 0.4) is 0 Å². The summed E-state index contributed by atoms with van der Waals surface area (Å²) in [5.41, 5.74) is 4.92. The van der Waals surface area contributed by atoms with Crippen LogP contribution in [0.15, 0.2) is 59.1 Å². The fraction of sp³-hybridized carbons (Fsp3) is 0.238. The molecule has 1 aromatic heterocycles. The molecule has 0 bridgehead atoms. The van der Waals surface area contributed by atoms with E-state index in [0.29, 0.717) is 6.42 Å². The van der Waals surface area contributed by atoms with Crippen molar-refractivity contribution < 1.29 is 4.79 Å². The molecule has 0 saturated heterocycles. The molecule has 134 valence electrons. The van der Waals surface area contributed by atoms with Crippen LogP contribution in [0.1, 0.15) is 35.5 Å². The summed E-state index contributed by atoms with van der Waals surface area (Å²) in [6.07, 6.45) is 0.319. The van der Waals surface area contributed by atoms with Gasteiger partial charge in [0.05, 0.1) is 23.8 Å². The van der Waals surface area contributed by atoms with Crippen LogP contribution >= 0.6 is 15.9 Å². The van der Waals surface area contributed by atoms with Gasteiger partial charge in [0, 0.05) is 15.7 Å². The molecular formula is C21H22BrN3O. The fourth-order valence-electron chi connectivity index (χ4n) is 3.11. The quantitative estimate of drug-likeness (QED) is 0.662. The highest BCUT2D eigenvalue weighted by atomic mass is 79.9. The third-order valence-corrected chi connectivity index (χ3v) is 5.25. The Labute approximate surface area is 162 Å². The van der Waals surface area contributed by atoms with E-state index in [1.165, 1.54) is 0 Å². The number of halogens is 1. The molecule has 1 atom stereocenters. The van der Waals surface area contributed by atoms with Gasteiger partial charge in [-0.3, -0.25) is 4.79 Å². The predicted octanol–water partition coefficient (Wildman–Crippen LogP) is 4.67. The molecule has 0 aliphatic rings. The van der Waals surface area contributed by atoms with Gasteiger partial charge in [-0.25, -0.2) is 4.68 Å². The van der Waals surface area contributed by atoms with Gasteiger partial charge in [0.1, 0.15) is 0 Å². The number of carbonyl (C=O) groups is 1. The number of benzene rings is 2. The number of aryl methyl sites for hydroxylation is 1. The summed E-state index contributed by atoms with van der Waals surface area (Å²) >= 11 is 3.54. The molecule has 0 aliphatic heterocycles. The van der Waals surface area contributed by atoms with Crippen LogP contribution in [0.5, 0.6) is 0 Å². The molecule has 0 saturated carbocycles. The highest BCUT2D eigenvalue weighted by molar-refractivity contribution is 9.10. The molecule has 1 amide bonds. The summed E-state index contributed by atoms with van der Waals surface area (Å²) in [6, 6.07) is 17.8. The molecular weight excluding hydrogens is 390 g/mol. The summed E-state index contributed by atoms with van der Waals surface area (Å²) in [7, 11) is 0. The molecule has 1 N–H and O–H groups in total. The molecule has 3 rings (SSSR count). The van der Waals surface area contributed by atoms with E-state index >= 15 is 0 Å². The molecule has 0 unspecified atom stereocenters. The number of hydrogen-bond acceptors (Lipinski definition) is 2. The molecule has 1 heterocycles. The fourth-order valence-corrected chi connectivity index (χ4v) is 3.74. The summed E-state index contributed by atoms with van der Waals surface area (Å²) in [5.74, 6) is -0.00735. The van der Waals surface area contributed by atoms with E-state index in [1.807, 2.05) is 80.1 Å². The van der Waals surface area contributed by atoms with Crippen LogP contribution in [0.4, 0.5) is 0 Å². The van der Waals surface area contributed by atoms with Crippen molar-refractivity contribution in [2.45, 2.75) is 33.2 Å². The van der Waals surface area contributed by atoms with Gasteiger partial charge in [-0.1, -0.05) is 52.3 Å². The molecule has 0 fully saturated rings. The lowest BCUT2D eigenvalue weighted by Crippen LogP contribution is -2.28. The second-order valence-corrected chi connectivity index (χ2v) is 7.24. The van der Waals surface area contributed by atoms with Crippen molar-refractivity contribution >= 4 is 21.8 Å². The minimum Gasteiger partial charge on any atom is -0.349 e. The Morgan fingerprint density at radius 3 is 2.46 bits per heavy atom. The van der Waals surface area contributed by atoms with Gasteiger partial charge in [0.25, 0.3) is 0 Å². The summed E-state index contributed by atoms with van der Waals surface area (Å²) in [5, 5.41) is 7.70. The number of para-hydroxylation sites is 1. The first-order chi connectivity index (χ1) is 12.5. The Balaban J connectivity index is 1.76. The van der Waals surface area contributed by atoms with Gasteiger partial charge in [0.15, 0.2) is 0 Å². The Morgan fingerprint density at radius 2 is 1.77 bits per heavy atom. The van der Waals surface area contributed by atoms with Gasteiger partial charge >= 0.3 is 0 Å². The van der Waals surface area contributed by atoms with Gasteiger partial charge in [0.2, 0.25) is 5.91 Å². The van der Waals surface area contributed by atoms with Crippen LogP contribution in [-0.4, -0.2) is 15.7 Å². The van der Waals surface area contributed by atoms with E-state index < -0.39 is 0 Å². The molecule has 2 aromatic carbocycles. The number of carbonyl (C=O) groups excluding carboxylic acids is 1. The number of aromatic nitrogens is 2. The number of nitrogens with zero attached hydrogens (tertiary/aromatic N) is 2. The molecule has 4 nitrogen and oxygen atoms in total. The van der Waals surface area contributed by atoms with E-state index in [9.17, 15) is 4.79 Å². The molecule has 0 radical (unpaired) electrons. The molecule has 5 heteroatoms. The molecule has 0 spiro atoms. The van der Waals surface area contributed by atoms with Crippen molar-refractivity contribution in [3.8, 4) is 5.69 Å². The third-order valence-electron chi connectivity index (χ3n) is 4.53. The molecule has 0 aliphatic carbocycles. The Bertz CT molecular complexity index is 918. The Hall–Kier alpha value is -2.40. The lowest BCUT2D eigenvalue weighted by Gasteiger charge is -2.16. The monoisotopic (exact) mass is 411 g/mol.